The second kappa shape index (κ2) is 6.55. The van der Waals surface area contributed by atoms with Crippen molar-refractivity contribution in [2.75, 3.05) is 26.2 Å². The van der Waals surface area contributed by atoms with Crippen molar-refractivity contribution in [1.29, 1.82) is 0 Å². The molecule has 1 saturated heterocycles. The van der Waals surface area contributed by atoms with Crippen LogP contribution in [0.5, 0.6) is 0 Å². The number of hydrogen-bond donors (Lipinski definition) is 2. The first-order valence-electron chi connectivity index (χ1n) is 8.73. The molecule has 0 spiro atoms. The average Bonchev–Trinajstić information content (AvgIpc) is 3.19. The van der Waals surface area contributed by atoms with E-state index in [2.05, 4.69) is 58.0 Å². The van der Waals surface area contributed by atoms with Crippen molar-refractivity contribution in [1.82, 2.24) is 9.47 Å². The van der Waals surface area contributed by atoms with Crippen LogP contribution in [-0.4, -0.2) is 52.0 Å². The van der Waals surface area contributed by atoms with E-state index in [9.17, 15) is 10.2 Å². The molecule has 4 heteroatoms. The van der Waals surface area contributed by atoms with E-state index in [0.717, 1.165) is 19.5 Å². The maximum atomic E-state index is 10.6. The molecule has 0 radical (unpaired) electrons. The number of aliphatic hydroxyl groups excluding tert-OH is 2. The van der Waals surface area contributed by atoms with Gasteiger partial charge in [0.2, 0.25) is 0 Å². The third-order valence-corrected chi connectivity index (χ3v) is 5.17. The highest BCUT2D eigenvalue weighted by atomic mass is 16.3. The van der Waals surface area contributed by atoms with E-state index in [1.807, 2.05) is 0 Å². The summed E-state index contributed by atoms with van der Waals surface area (Å²) in [6.07, 6.45) is 0.611. The van der Waals surface area contributed by atoms with Crippen LogP contribution in [-0.2, 0) is 6.54 Å². The molecule has 1 aliphatic rings. The molecule has 0 bridgehead atoms. The van der Waals surface area contributed by atoms with Gasteiger partial charge in [-0.3, -0.25) is 0 Å². The highest BCUT2D eigenvalue weighted by Gasteiger charge is 2.24. The fraction of sp³-hybridized carbons (Fsp3) is 0.400. The second-order valence-corrected chi connectivity index (χ2v) is 6.90. The Kier molecular flexibility index (Phi) is 4.27. The summed E-state index contributed by atoms with van der Waals surface area (Å²) in [4.78, 5) is 2.26. The standard InChI is InChI=1S/C20H24N2O2/c23-14-15-9-10-21(11-15)12-16(24)13-22-19-7-3-1-5-17(19)18-6-2-4-8-20(18)22/h1-8,15-16,23-24H,9-14H2/t15-,16+/m1/s1. The molecule has 1 aromatic heterocycles. The predicted molar refractivity (Wildman–Crippen MR) is 97.1 cm³/mol. The first-order valence-corrected chi connectivity index (χ1v) is 8.73. The van der Waals surface area contributed by atoms with Crippen molar-refractivity contribution >= 4 is 21.8 Å². The summed E-state index contributed by atoms with van der Waals surface area (Å²) in [5.74, 6) is 0.366. The summed E-state index contributed by atoms with van der Waals surface area (Å²) in [6, 6.07) is 16.8. The van der Waals surface area contributed by atoms with Crippen molar-refractivity contribution in [3.8, 4) is 0 Å². The van der Waals surface area contributed by atoms with Gasteiger partial charge in [0.05, 0.1) is 12.6 Å². The molecule has 2 aromatic carbocycles. The Morgan fingerprint density at radius 2 is 1.58 bits per heavy atom. The lowest BCUT2D eigenvalue weighted by molar-refractivity contribution is 0.107. The number of para-hydroxylation sites is 2. The van der Waals surface area contributed by atoms with Crippen LogP contribution in [0.25, 0.3) is 21.8 Å². The molecule has 2 atom stereocenters. The monoisotopic (exact) mass is 324 g/mol. The van der Waals surface area contributed by atoms with E-state index in [4.69, 9.17) is 0 Å². The largest absolute Gasteiger partial charge is 0.396 e. The van der Waals surface area contributed by atoms with Gasteiger partial charge < -0.3 is 19.7 Å². The van der Waals surface area contributed by atoms with Crippen molar-refractivity contribution in [3.05, 3.63) is 48.5 Å². The first-order chi connectivity index (χ1) is 11.8. The Labute approximate surface area is 141 Å². The molecule has 1 fully saturated rings. The summed E-state index contributed by atoms with van der Waals surface area (Å²) < 4.78 is 2.23. The van der Waals surface area contributed by atoms with Gasteiger partial charge in [-0.15, -0.1) is 0 Å². The molecule has 126 valence electrons. The SMILES string of the molecule is OC[C@@H]1CCN(C[C@H](O)Cn2c3ccccc3c3ccccc32)C1. The lowest BCUT2D eigenvalue weighted by Gasteiger charge is -2.21. The van der Waals surface area contributed by atoms with Gasteiger partial charge in [0, 0.05) is 41.5 Å². The number of aliphatic hydroxyl groups is 2. The summed E-state index contributed by atoms with van der Waals surface area (Å²) in [5.41, 5.74) is 2.35. The Hall–Kier alpha value is -1.88. The van der Waals surface area contributed by atoms with Crippen molar-refractivity contribution in [2.24, 2.45) is 5.92 Å². The van der Waals surface area contributed by atoms with E-state index in [0.29, 0.717) is 19.0 Å². The van der Waals surface area contributed by atoms with E-state index < -0.39 is 6.10 Å². The molecule has 1 aliphatic heterocycles. The third-order valence-electron chi connectivity index (χ3n) is 5.17. The summed E-state index contributed by atoms with van der Waals surface area (Å²) >= 11 is 0. The molecule has 3 aromatic rings. The summed E-state index contributed by atoms with van der Waals surface area (Å²) in [7, 11) is 0. The number of nitrogens with zero attached hydrogens (tertiary/aromatic N) is 2. The maximum absolute atomic E-state index is 10.6. The van der Waals surface area contributed by atoms with Gasteiger partial charge in [-0.1, -0.05) is 36.4 Å². The maximum Gasteiger partial charge on any atom is 0.0845 e. The number of likely N-dealkylation sites (tertiary alicyclic amines) is 1. The number of fused-ring (bicyclic) bond motifs is 3. The minimum Gasteiger partial charge on any atom is -0.396 e. The van der Waals surface area contributed by atoms with Crippen LogP contribution in [0.3, 0.4) is 0 Å². The van der Waals surface area contributed by atoms with E-state index in [-0.39, 0.29) is 6.61 Å². The van der Waals surface area contributed by atoms with Gasteiger partial charge in [0.25, 0.3) is 0 Å². The lowest BCUT2D eigenvalue weighted by atomic mass is 10.1. The van der Waals surface area contributed by atoms with Gasteiger partial charge in [-0.25, -0.2) is 0 Å². The van der Waals surface area contributed by atoms with E-state index in [1.165, 1.54) is 21.8 Å². The summed E-state index contributed by atoms with van der Waals surface area (Å²) in [5, 5.41) is 22.4. The Balaban J connectivity index is 1.59. The molecule has 2 N–H and O–H groups in total. The lowest BCUT2D eigenvalue weighted by Crippen LogP contribution is -2.33. The molecule has 0 aliphatic carbocycles. The topological polar surface area (TPSA) is 48.6 Å². The van der Waals surface area contributed by atoms with Gasteiger partial charge in [0.15, 0.2) is 0 Å². The van der Waals surface area contributed by atoms with Crippen molar-refractivity contribution in [2.45, 2.75) is 19.1 Å². The zero-order valence-electron chi connectivity index (χ0n) is 13.8. The number of hydrogen-bond acceptors (Lipinski definition) is 3. The van der Waals surface area contributed by atoms with Gasteiger partial charge in [-0.2, -0.15) is 0 Å². The van der Waals surface area contributed by atoms with Crippen molar-refractivity contribution in [3.63, 3.8) is 0 Å². The van der Waals surface area contributed by atoms with Crippen LogP contribution < -0.4 is 0 Å². The highest BCUT2D eigenvalue weighted by Crippen LogP contribution is 2.29. The van der Waals surface area contributed by atoms with Crippen LogP contribution in [0, 0.1) is 5.92 Å². The van der Waals surface area contributed by atoms with Crippen LogP contribution in [0.4, 0.5) is 0 Å². The van der Waals surface area contributed by atoms with Crippen molar-refractivity contribution < 1.29 is 10.2 Å². The fourth-order valence-corrected chi connectivity index (χ4v) is 3.99. The minimum absolute atomic E-state index is 0.249. The van der Waals surface area contributed by atoms with Gasteiger partial charge in [0.1, 0.15) is 0 Å². The predicted octanol–water partition coefficient (Wildman–Crippen LogP) is 2.47. The highest BCUT2D eigenvalue weighted by molar-refractivity contribution is 6.07. The summed E-state index contributed by atoms with van der Waals surface area (Å²) in [6.45, 7) is 3.36. The van der Waals surface area contributed by atoms with Gasteiger partial charge in [-0.05, 0) is 31.0 Å². The third kappa shape index (κ3) is 2.81. The first kappa shape index (κ1) is 15.6. The smallest absolute Gasteiger partial charge is 0.0845 e. The fourth-order valence-electron chi connectivity index (χ4n) is 3.99. The van der Waals surface area contributed by atoms with Crippen LogP contribution >= 0.6 is 0 Å². The Morgan fingerprint density at radius 1 is 0.958 bits per heavy atom. The molecule has 24 heavy (non-hydrogen) atoms. The zero-order chi connectivity index (χ0) is 16.5. The van der Waals surface area contributed by atoms with Gasteiger partial charge >= 0.3 is 0 Å². The molecule has 4 rings (SSSR count). The van der Waals surface area contributed by atoms with Crippen LogP contribution in [0.1, 0.15) is 6.42 Å². The Morgan fingerprint density at radius 3 is 2.17 bits per heavy atom. The molecule has 0 unspecified atom stereocenters. The van der Waals surface area contributed by atoms with E-state index in [1.54, 1.807) is 0 Å². The quantitative estimate of drug-likeness (QED) is 0.758. The number of benzene rings is 2. The molecule has 0 saturated carbocycles. The minimum atomic E-state index is -0.415. The number of aromatic nitrogens is 1. The molecular formula is C20H24N2O2. The average molecular weight is 324 g/mol. The molecule has 4 nitrogen and oxygen atoms in total. The number of rotatable bonds is 5. The molecule has 2 heterocycles. The normalized spacial score (nSPS) is 20.2. The van der Waals surface area contributed by atoms with E-state index >= 15 is 0 Å². The number of β-amino-alcohol motifs (C(OH)–C–C–N with tert-alkyl or cyclic N) is 1. The second-order valence-electron chi connectivity index (χ2n) is 6.90. The Bertz CT molecular complexity index is 789. The van der Waals surface area contributed by atoms with Crippen LogP contribution in [0.2, 0.25) is 0 Å². The van der Waals surface area contributed by atoms with Crippen LogP contribution in [0.15, 0.2) is 48.5 Å². The molecular weight excluding hydrogens is 300 g/mol. The molecule has 0 amide bonds. The zero-order valence-corrected chi connectivity index (χ0v) is 13.8.